The summed E-state index contributed by atoms with van der Waals surface area (Å²) in [5.41, 5.74) is 3.28. The molecule has 0 spiro atoms. The van der Waals surface area contributed by atoms with Crippen LogP contribution in [0.15, 0.2) is 35.5 Å². The van der Waals surface area contributed by atoms with Crippen molar-refractivity contribution in [1.29, 1.82) is 0 Å². The number of aryl methyl sites for hydroxylation is 1. The smallest absolute Gasteiger partial charge is 0.267 e. The summed E-state index contributed by atoms with van der Waals surface area (Å²) in [6.07, 6.45) is 9.01. The lowest BCUT2D eigenvalue weighted by Crippen LogP contribution is -2.19. The number of nitro benzene ring substituents is 1. The zero-order valence-electron chi connectivity index (χ0n) is 11.8. The molecule has 1 unspecified atom stereocenters. The van der Waals surface area contributed by atoms with Gasteiger partial charge in [0.05, 0.1) is 4.92 Å². The molecule has 0 fully saturated rings. The highest BCUT2D eigenvalue weighted by molar-refractivity contribution is 5.94. The van der Waals surface area contributed by atoms with Crippen LogP contribution in [0.25, 0.3) is 0 Å². The van der Waals surface area contributed by atoms with E-state index in [0.717, 1.165) is 19.3 Å². The first-order chi connectivity index (χ1) is 10.1. The van der Waals surface area contributed by atoms with Crippen molar-refractivity contribution >= 4 is 17.8 Å². The van der Waals surface area contributed by atoms with Crippen molar-refractivity contribution in [2.75, 3.05) is 0 Å². The van der Waals surface area contributed by atoms with Crippen molar-refractivity contribution in [3.05, 3.63) is 51.6 Å². The molecule has 1 aromatic carbocycles. The molecule has 6 heteroatoms. The first-order valence-corrected chi connectivity index (χ1v) is 6.81. The van der Waals surface area contributed by atoms with Gasteiger partial charge in [-0.15, -0.1) is 0 Å². The Balaban J connectivity index is 1.97. The summed E-state index contributed by atoms with van der Waals surface area (Å²) in [5, 5.41) is 14.7. The number of carbonyl (C=O) groups excluding carboxylic acids is 1. The predicted molar refractivity (Wildman–Crippen MR) is 80.3 cm³/mol. The van der Waals surface area contributed by atoms with Gasteiger partial charge in [0.15, 0.2) is 0 Å². The number of nitrogens with one attached hydrogen (secondary N) is 1. The Hall–Kier alpha value is -2.50. The molecule has 0 aliphatic heterocycles. The molecular weight excluding hydrogens is 270 g/mol. The molecule has 0 saturated carbocycles. The number of amides is 1. The van der Waals surface area contributed by atoms with Gasteiger partial charge < -0.3 is 0 Å². The third-order valence-electron chi connectivity index (χ3n) is 3.42. The number of carbonyl (C=O) groups is 1. The molecule has 0 bridgehead atoms. The van der Waals surface area contributed by atoms with Crippen LogP contribution in [-0.2, 0) is 0 Å². The Bertz CT molecular complexity index is 608. The first kappa shape index (κ1) is 14.9. The van der Waals surface area contributed by atoms with Gasteiger partial charge in [-0.3, -0.25) is 14.9 Å². The van der Waals surface area contributed by atoms with E-state index in [1.165, 1.54) is 18.2 Å². The minimum absolute atomic E-state index is 0.00374. The molecule has 1 aromatic rings. The van der Waals surface area contributed by atoms with Gasteiger partial charge in [-0.1, -0.05) is 12.2 Å². The van der Waals surface area contributed by atoms with Gasteiger partial charge in [0.2, 0.25) is 0 Å². The summed E-state index contributed by atoms with van der Waals surface area (Å²) >= 11 is 0. The maximum absolute atomic E-state index is 11.9. The fraction of sp³-hybridized carbons (Fsp3) is 0.333. The Kier molecular flexibility index (Phi) is 4.81. The number of rotatable bonds is 4. The zero-order chi connectivity index (χ0) is 15.2. The monoisotopic (exact) mass is 287 g/mol. The van der Waals surface area contributed by atoms with E-state index in [2.05, 4.69) is 22.7 Å². The van der Waals surface area contributed by atoms with Gasteiger partial charge in [0.25, 0.3) is 11.6 Å². The van der Waals surface area contributed by atoms with Crippen LogP contribution in [0.4, 0.5) is 5.69 Å². The van der Waals surface area contributed by atoms with Crippen LogP contribution in [0.2, 0.25) is 0 Å². The highest BCUT2D eigenvalue weighted by atomic mass is 16.6. The SMILES string of the molecule is Cc1cc(C(=O)NN=CC2CC=CCC2)ccc1[N+](=O)[O-]. The summed E-state index contributed by atoms with van der Waals surface area (Å²) in [5.74, 6) is -0.00973. The van der Waals surface area contributed by atoms with Crippen LogP contribution in [0.5, 0.6) is 0 Å². The number of allylic oxidation sites excluding steroid dienone is 2. The van der Waals surface area contributed by atoms with E-state index in [-0.39, 0.29) is 11.6 Å². The molecule has 0 aromatic heterocycles. The fourth-order valence-electron chi connectivity index (χ4n) is 2.22. The summed E-state index contributed by atoms with van der Waals surface area (Å²) in [6.45, 7) is 1.60. The standard InChI is InChI=1S/C15H17N3O3/c1-11-9-13(7-8-14(11)18(20)21)15(19)17-16-10-12-5-3-2-4-6-12/h2-3,7-10,12H,4-6H2,1H3,(H,17,19). The van der Waals surface area contributed by atoms with Crippen LogP contribution in [-0.4, -0.2) is 17.0 Å². The summed E-state index contributed by atoms with van der Waals surface area (Å²) in [4.78, 5) is 22.2. The van der Waals surface area contributed by atoms with Gasteiger partial charge in [0, 0.05) is 23.4 Å². The molecule has 0 saturated heterocycles. The van der Waals surface area contributed by atoms with E-state index in [9.17, 15) is 14.9 Å². The van der Waals surface area contributed by atoms with Gasteiger partial charge in [0.1, 0.15) is 0 Å². The second kappa shape index (κ2) is 6.78. The molecule has 1 atom stereocenters. The van der Waals surface area contributed by atoms with Crippen LogP contribution in [0.1, 0.15) is 35.2 Å². The van der Waals surface area contributed by atoms with E-state index < -0.39 is 4.92 Å². The summed E-state index contributed by atoms with van der Waals surface area (Å²) in [6, 6.07) is 4.26. The van der Waals surface area contributed by atoms with Crippen molar-refractivity contribution < 1.29 is 9.72 Å². The Morgan fingerprint density at radius 2 is 2.29 bits per heavy atom. The van der Waals surface area contributed by atoms with Gasteiger partial charge in [-0.25, -0.2) is 5.43 Å². The number of hydrogen-bond acceptors (Lipinski definition) is 4. The van der Waals surface area contributed by atoms with Crippen molar-refractivity contribution in [3.63, 3.8) is 0 Å². The van der Waals surface area contributed by atoms with E-state index in [0.29, 0.717) is 17.0 Å². The van der Waals surface area contributed by atoms with E-state index in [4.69, 9.17) is 0 Å². The first-order valence-electron chi connectivity index (χ1n) is 6.81. The van der Waals surface area contributed by atoms with Crippen molar-refractivity contribution in [2.24, 2.45) is 11.0 Å². The van der Waals surface area contributed by atoms with Crippen LogP contribution in [0, 0.1) is 23.0 Å². The zero-order valence-corrected chi connectivity index (χ0v) is 11.8. The molecule has 1 N–H and O–H groups in total. The lowest BCUT2D eigenvalue weighted by atomic mass is 9.96. The number of nitro groups is 1. The molecule has 1 amide bonds. The molecule has 0 radical (unpaired) electrons. The molecule has 0 heterocycles. The van der Waals surface area contributed by atoms with E-state index >= 15 is 0 Å². The normalized spacial score (nSPS) is 17.9. The number of nitrogens with zero attached hydrogens (tertiary/aromatic N) is 2. The second-order valence-electron chi connectivity index (χ2n) is 5.02. The van der Waals surface area contributed by atoms with Gasteiger partial charge in [-0.2, -0.15) is 5.10 Å². The third-order valence-corrected chi connectivity index (χ3v) is 3.42. The summed E-state index contributed by atoms with van der Waals surface area (Å²) in [7, 11) is 0. The quantitative estimate of drug-likeness (QED) is 0.400. The molecule has 110 valence electrons. The average Bonchev–Trinajstić information content (AvgIpc) is 2.47. The highest BCUT2D eigenvalue weighted by Crippen LogP contribution is 2.19. The Morgan fingerprint density at radius 3 is 2.90 bits per heavy atom. The van der Waals surface area contributed by atoms with Crippen LogP contribution < -0.4 is 5.43 Å². The Morgan fingerprint density at radius 1 is 1.48 bits per heavy atom. The maximum Gasteiger partial charge on any atom is 0.272 e. The van der Waals surface area contributed by atoms with Gasteiger partial charge >= 0.3 is 0 Å². The third kappa shape index (κ3) is 3.98. The lowest BCUT2D eigenvalue weighted by molar-refractivity contribution is -0.385. The lowest BCUT2D eigenvalue weighted by Gasteiger charge is -2.11. The summed E-state index contributed by atoms with van der Waals surface area (Å²) < 4.78 is 0. The largest absolute Gasteiger partial charge is 0.272 e. The topological polar surface area (TPSA) is 84.6 Å². The minimum Gasteiger partial charge on any atom is -0.267 e. The van der Waals surface area contributed by atoms with Gasteiger partial charge in [-0.05, 0) is 44.2 Å². The number of benzene rings is 1. The number of hydrazone groups is 1. The van der Waals surface area contributed by atoms with Crippen molar-refractivity contribution in [2.45, 2.75) is 26.2 Å². The molecule has 2 rings (SSSR count). The van der Waals surface area contributed by atoms with E-state index in [1.807, 2.05) is 0 Å². The number of hydrogen-bond donors (Lipinski definition) is 1. The average molecular weight is 287 g/mol. The van der Waals surface area contributed by atoms with Crippen molar-refractivity contribution in [1.82, 2.24) is 5.43 Å². The van der Waals surface area contributed by atoms with Crippen LogP contribution >= 0.6 is 0 Å². The minimum atomic E-state index is -0.467. The molecular formula is C15H17N3O3. The molecule has 6 nitrogen and oxygen atoms in total. The van der Waals surface area contributed by atoms with E-state index in [1.54, 1.807) is 13.1 Å². The highest BCUT2D eigenvalue weighted by Gasteiger charge is 2.13. The maximum atomic E-state index is 11.9. The molecule has 1 aliphatic carbocycles. The van der Waals surface area contributed by atoms with Crippen LogP contribution in [0.3, 0.4) is 0 Å². The van der Waals surface area contributed by atoms with Crippen molar-refractivity contribution in [3.8, 4) is 0 Å². The molecule has 21 heavy (non-hydrogen) atoms. The fourth-order valence-corrected chi connectivity index (χ4v) is 2.22. The predicted octanol–water partition coefficient (Wildman–Crippen LogP) is 2.98. The Labute approximate surface area is 122 Å². The second-order valence-corrected chi connectivity index (χ2v) is 5.02. The molecule has 1 aliphatic rings.